The monoisotopic (exact) mass is 326 g/mol. The van der Waals surface area contributed by atoms with Crippen molar-refractivity contribution in [2.24, 2.45) is 17.2 Å². The SMILES string of the molecule is ClCc1ccccc1.N.NCCO.NCCO.NCCO. The fourth-order valence-electron chi connectivity index (χ4n) is 0.567. The van der Waals surface area contributed by atoms with Crippen molar-refractivity contribution in [2.45, 2.75) is 5.88 Å². The second-order valence-electron chi connectivity index (χ2n) is 3.16. The van der Waals surface area contributed by atoms with Crippen LogP contribution in [0.4, 0.5) is 0 Å². The minimum atomic E-state index is 0. The normalized spacial score (nSPS) is 7.76. The molecule has 1 aromatic rings. The summed E-state index contributed by atoms with van der Waals surface area (Å²) in [6.07, 6.45) is 0. The van der Waals surface area contributed by atoms with Crippen molar-refractivity contribution in [3.63, 3.8) is 0 Å². The Morgan fingerprint density at radius 1 is 0.762 bits per heavy atom. The molecule has 1 aromatic carbocycles. The first-order valence-corrected chi connectivity index (χ1v) is 6.74. The molecule has 7 nitrogen and oxygen atoms in total. The number of aliphatic hydroxyl groups is 3. The fourth-order valence-corrected chi connectivity index (χ4v) is 0.745. The minimum Gasteiger partial charge on any atom is -0.395 e. The molecule has 0 saturated carbocycles. The van der Waals surface area contributed by atoms with Crippen LogP contribution in [0.15, 0.2) is 30.3 Å². The van der Waals surface area contributed by atoms with E-state index >= 15 is 0 Å². The van der Waals surface area contributed by atoms with Gasteiger partial charge in [0, 0.05) is 25.5 Å². The molecule has 1 rings (SSSR count). The molecule has 8 heteroatoms. The highest BCUT2D eigenvalue weighted by Gasteiger charge is 1.81. The molecule has 21 heavy (non-hydrogen) atoms. The van der Waals surface area contributed by atoms with Gasteiger partial charge in [-0.3, -0.25) is 0 Å². The smallest absolute Gasteiger partial charge is 0.0553 e. The summed E-state index contributed by atoms with van der Waals surface area (Å²) in [5.74, 6) is 0.612. The number of alkyl halides is 1. The van der Waals surface area contributed by atoms with Gasteiger partial charge in [-0.1, -0.05) is 30.3 Å². The van der Waals surface area contributed by atoms with Crippen molar-refractivity contribution < 1.29 is 15.3 Å². The zero-order valence-corrected chi connectivity index (χ0v) is 13.3. The van der Waals surface area contributed by atoms with Crippen molar-refractivity contribution in [1.29, 1.82) is 0 Å². The van der Waals surface area contributed by atoms with E-state index in [2.05, 4.69) is 0 Å². The van der Waals surface area contributed by atoms with E-state index in [9.17, 15) is 0 Å². The molecule has 0 spiro atoms. The predicted octanol–water partition coefficient (Wildman–Crippen LogP) is -0.600. The Labute approximate surface area is 132 Å². The summed E-state index contributed by atoms with van der Waals surface area (Å²) in [5.41, 5.74) is 15.5. The quantitative estimate of drug-likeness (QED) is 0.361. The molecular formula is C13H31ClN4O3. The minimum absolute atomic E-state index is 0. The lowest BCUT2D eigenvalue weighted by atomic mass is 10.2. The van der Waals surface area contributed by atoms with Crippen LogP contribution in [-0.2, 0) is 5.88 Å². The lowest BCUT2D eigenvalue weighted by Gasteiger charge is -1.88. The van der Waals surface area contributed by atoms with Gasteiger partial charge in [0.2, 0.25) is 0 Å². The maximum absolute atomic E-state index is 7.75. The van der Waals surface area contributed by atoms with Gasteiger partial charge in [0.15, 0.2) is 0 Å². The van der Waals surface area contributed by atoms with Gasteiger partial charge in [-0.15, -0.1) is 11.6 Å². The first-order chi connectivity index (χ1) is 9.67. The summed E-state index contributed by atoms with van der Waals surface area (Å²) in [5, 5.41) is 23.2. The molecule has 0 bridgehead atoms. The summed E-state index contributed by atoms with van der Waals surface area (Å²) < 4.78 is 0. The third-order valence-corrected chi connectivity index (χ3v) is 1.69. The average molecular weight is 327 g/mol. The number of hydrogen-bond acceptors (Lipinski definition) is 7. The third-order valence-electron chi connectivity index (χ3n) is 1.38. The van der Waals surface area contributed by atoms with E-state index in [0.717, 1.165) is 0 Å². The molecule has 128 valence electrons. The standard InChI is InChI=1S/C7H7Cl.3C2H7NO.H3N/c8-6-7-4-2-1-3-5-7;3*3-1-2-4;/h1-5H,6H2;3*4H,1-3H2;1H3. The van der Waals surface area contributed by atoms with Crippen LogP contribution in [0.1, 0.15) is 5.56 Å². The van der Waals surface area contributed by atoms with Crippen molar-refractivity contribution >= 4 is 11.6 Å². The van der Waals surface area contributed by atoms with Gasteiger partial charge in [0.1, 0.15) is 0 Å². The third kappa shape index (κ3) is 38.2. The largest absolute Gasteiger partial charge is 0.395 e. The summed E-state index contributed by atoms with van der Waals surface area (Å²) in [7, 11) is 0. The second kappa shape index (κ2) is 31.6. The lowest BCUT2D eigenvalue weighted by molar-refractivity contribution is 0.306. The molecule has 0 heterocycles. The highest BCUT2D eigenvalue weighted by atomic mass is 35.5. The first kappa shape index (κ1) is 28.4. The molecule has 0 amide bonds. The van der Waals surface area contributed by atoms with Crippen molar-refractivity contribution in [3.8, 4) is 0 Å². The highest BCUT2D eigenvalue weighted by Crippen LogP contribution is 2.00. The summed E-state index contributed by atoms with van der Waals surface area (Å²) >= 11 is 5.53. The van der Waals surface area contributed by atoms with E-state index in [1.807, 2.05) is 30.3 Å². The zero-order valence-electron chi connectivity index (χ0n) is 12.5. The molecule has 0 aliphatic rings. The van der Waals surface area contributed by atoms with Crippen LogP contribution in [0, 0.1) is 0 Å². The molecule has 12 N–H and O–H groups in total. The van der Waals surface area contributed by atoms with Gasteiger partial charge in [0.05, 0.1) is 19.8 Å². The molecule has 0 aromatic heterocycles. The Balaban J connectivity index is -0.0000000973. The van der Waals surface area contributed by atoms with Crippen LogP contribution in [0.5, 0.6) is 0 Å². The molecule has 0 aliphatic carbocycles. The van der Waals surface area contributed by atoms with Crippen LogP contribution in [0.3, 0.4) is 0 Å². The number of aliphatic hydroxyl groups excluding tert-OH is 3. The van der Waals surface area contributed by atoms with Gasteiger partial charge in [0.25, 0.3) is 0 Å². The maximum atomic E-state index is 7.75. The first-order valence-electron chi connectivity index (χ1n) is 6.20. The second-order valence-corrected chi connectivity index (χ2v) is 3.42. The average Bonchev–Trinajstić information content (AvgIpc) is 2.56. The van der Waals surface area contributed by atoms with E-state index < -0.39 is 0 Å². The highest BCUT2D eigenvalue weighted by molar-refractivity contribution is 6.17. The van der Waals surface area contributed by atoms with E-state index in [0.29, 0.717) is 25.5 Å². The van der Waals surface area contributed by atoms with E-state index in [1.165, 1.54) is 5.56 Å². The Morgan fingerprint density at radius 2 is 1.05 bits per heavy atom. The maximum Gasteiger partial charge on any atom is 0.0553 e. The van der Waals surface area contributed by atoms with Crippen LogP contribution >= 0.6 is 11.6 Å². The number of nitrogens with two attached hydrogens (primary N) is 3. The Bertz CT molecular complexity index is 229. The zero-order chi connectivity index (χ0) is 16.1. The number of rotatable bonds is 4. The Morgan fingerprint density at radius 3 is 1.19 bits per heavy atom. The van der Waals surface area contributed by atoms with Crippen molar-refractivity contribution in [3.05, 3.63) is 35.9 Å². The topological polar surface area (TPSA) is 174 Å². The molecule has 0 aliphatic heterocycles. The van der Waals surface area contributed by atoms with Gasteiger partial charge in [-0.05, 0) is 5.56 Å². The Hall–Kier alpha value is -0.770. The van der Waals surface area contributed by atoms with Gasteiger partial charge in [-0.25, -0.2) is 0 Å². The van der Waals surface area contributed by atoms with Gasteiger partial charge in [-0.2, -0.15) is 0 Å². The van der Waals surface area contributed by atoms with Crippen LogP contribution in [0.25, 0.3) is 0 Å². The van der Waals surface area contributed by atoms with Gasteiger partial charge >= 0.3 is 0 Å². The van der Waals surface area contributed by atoms with Crippen LogP contribution in [0.2, 0.25) is 0 Å². The fraction of sp³-hybridized carbons (Fsp3) is 0.538. The van der Waals surface area contributed by atoms with Crippen molar-refractivity contribution in [2.75, 3.05) is 39.5 Å². The summed E-state index contributed by atoms with van der Waals surface area (Å²) in [6, 6.07) is 9.96. The molecular weight excluding hydrogens is 296 g/mol. The van der Waals surface area contributed by atoms with E-state index in [-0.39, 0.29) is 26.0 Å². The lowest BCUT2D eigenvalue weighted by Crippen LogP contribution is -2.02. The number of hydrogen-bond donors (Lipinski definition) is 7. The molecule has 0 radical (unpaired) electrons. The van der Waals surface area contributed by atoms with Crippen molar-refractivity contribution in [1.82, 2.24) is 6.15 Å². The Kier molecular flexibility index (Phi) is 42.7. The summed E-state index contributed by atoms with van der Waals surface area (Å²) in [6.45, 7) is 1.42. The molecule has 0 atom stereocenters. The predicted molar refractivity (Wildman–Crippen MR) is 89.4 cm³/mol. The van der Waals surface area contributed by atoms with E-state index in [1.54, 1.807) is 0 Å². The molecule has 0 fully saturated rings. The molecule has 0 unspecified atom stereocenters. The van der Waals surface area contributed by atoms with Gasteiger partial charge < -0.3 is 38.7 Å². The van der Waals surface area contributed by atoms with E-state index in [4.69, 9.17) is 44.1 Å². The number of benzene rings is 1. The van der Waals surface area contributed by atoms with Crippen LogP contribution < -0.4 is 23.4 Å². The molecule has 0 saturated heterocycles. The van der Waals surface area contributed by atoms with Crippen LogP contribution in [-0.4, -0.2) is 54.8 Å². The summed E-state index contributed by atoms with van der Waals surface area (Å²) in [4.78, 5) is 0. The number of halogens is 1.